The number of amides is 1. The number of aromatic nitrogens is 1. The van der Waals surface area contributed by atoms with Gasteiger partial charge in [0, 0.05) is 19.1 Å². The predicted molar refractivity (Wildman–Crippen MR) is 85.6 cm³/mol. The van der Waals surface area contributed by atoms with Gasteiger partial charge in [-0.3, -0.25) is 4.79 Å². The van der Waals surface area contributed by atoms with Gasteiger partial charge in [0.25, 0.3) is 5.91 Å². The van der Waals surface area contributed by atoms with Gasteiger partial charge < -0.3 is 15.1 Å². The molecule has 2 heterocycles. The Morgan fingerprint density at radius 2 is 2.05 bits per heavy atom. The molecule has 0 atom stereocenters. The Balaban J connectivity index is 2.05. The molecule has 0 spiro atoms. The van der Waals surface area contributed by atoms with E-state index in [4.69, 9.17) is 0 Å². The summed E-state index contributed by atoms with van der Waals surface area (Å²) in [6.45, 7) is 6.21. The second-order valence-corrected chi connectivity index (χ2v) is 6.16. The van der Waals surface area contributed by atoms with Crippen molar-refractivity contribution < 1.29 is 4.79 Å². The lowest BCUT2D eigenvalue weighted by Crippen LogP contribution is -2.44. The molecule has 0 aliphatic carbocycles. The van der Waals surface area contributed by atoms with Crippen molar-refractivity contribution >= 4 is 11.7 Å². The maximum Gasteiger partial charge on any atom is 0.272 e. The number of nitrogens with zero attached hydrogens (tertiary/aromatic N) is 3. The van der Waals surface area contributed by atoms with Crippen LogP contribution in [0.4, 0.5) is 5.82 Å². The van der Waals surface area contributed by atoms with Crippen LogP contribution < -0.4 is 5.32 Å². The third kappa shape index (κ3) is 4.17. The molecule has 1 aliphatic heterocycles. The van der Waals surface area contributed by atoms with Gasteiger partial charge in [-0.15, -0.1) is 0 Å². The van der Waals surface area contributed by atoms with Gasteiger partial charge >= 0.3 is 0 Å². The number of pyridine rings is 1. The highest BCUT2D eigenvalue weighted by Gasteiger charge is 2.25. The smallest absolute Gasteiger partial charge is 0.272 e. The van der Waals surface area contributed by atoms with Crippen LogP contribution in [0, 0.1) is 0 Å². The predicted octanol–water partition coefficient (Wildman–Crippen LogP) is 2.07. The summed E-state index contributed by atoms with van der Waals surface area (Å²) >= 11 is 0. The van der Waals surface area contributed by atoms with Crippen molar-refractivity contribution in [3.63, 3.8) is 0 Å². The molecule has 1 aromatic heterocycles. The van der Waals surface area contributed by atoms with E-state index >= 15 is 0 Å². The summed E-state index contributed by atoms with van der Waals surface area (Å²) in [7, 11) is 4.02. The van der Waals surface area contributed by atoms with Crippen LogP contribution >= 0.6 is 0 Å². The maximum atomic E-state index is 12.6. The monoisotopic (exact) mass is 290 g/mol. The van der Waals surface area contributed by atoms with E-state index in [2.05, 4.69) is 36.1 Å². The van der Waals surface area contributed by atoms with Gasteiger partial charge in [-0.25, -0.2) is 4.98 Å². The van der Waals surface area contributed by atoms with Crippen molar-refractivity contribution in [2.45, 2.75) is 38.8 Å². The average Bonchev–Trinajstić information content (AvgIpc) is 2.46. The molecule has 0 unspecified atom stereocenters. The van der Waals surface area contributed by atoms with Crippen LogP contribution in [0.2, 0.25) is 0 Å². The van der Waals surface area contributed by atoms with Gasteiger partial charge in [0.05, 0.1) is 0 Å². The van der Waals surface area contributed by atoms with Gasteiger partial charge in [-0.1, -0.05) is 6.07 Å². The third-order valence-corrected chi connectivity index (χ3v) is 3.96. The fraction of sp³-hybridized carbons (Fsp3) is 0.625. The molecule has 5 heteroatoms. The number of rotatable bonds is 4. The summed E-state index contributed by atoms with van der Waals surface area (Å²) in [4.78, 5) is 21.2. The lowest BCUT2D eigenvalue weighted by molar-refractivity contribution is 0.0654. The average molecular weight is 290 g/mol. The summed E-state index contributed by atoms with van der Waals surface area (Å²) in [6, 6.07) is 6.19. The van der Waals surface area contributed by atoms with E-state index in [1.54, 1.807) is 6.07 Å². The maximum absolute atomic E-state index is 12.6. The lowest BCUT2D eigenvalue weighted by atomic mass is 10.0. The van der Waals surface area contributed by atoms with E-state index in [0.717, 1.165) is 31.7 Å². The van der Waals surface area contributed by atoms with E-state index in [9.17, 15) is 4.79 Å². The van der Waals surface area contributed by atoms with Crippen LogP contribution in [0.3, 0.4) is 0 Å². The van der Waals surface area contributed by atoms with E-state index < -0.39 is 0 Å². The van der Waals surface area contributed by atoms with Crippen molar-refractivity contribution in [1.29, 1.82) is 0 Å². The van der Waals surface area contributed by atoms with E-state index in [1.165, 1.54) is 0 Å². The summed E-state index contributed by atoms with van der Waals surface area (Å²) in [6.07, 6.45) is 2.06. The Morgan fingerprint density at radius 3 is 2.67 bits per heavy atom. The molecular weight excluding hydrogens is 264 g/mol. The molecule has 116 valence electrons. The highest BCUT2D eigenvalue weighted by Crippen LogP contribution is 2.17. The van der Waals surface area contributed by atoms with Gasteiger partial charge in [0.15, 0.2) is 0 Å². The molecule has 1 fully saturated rings. The summed E-state index contributed by atoms with van der Waals surface area (Å²) < 4.78 is 0. The standard InChI is InChI=1S/C16H26N4O/c1-12(2)17-15-7-5-6-14(18-15)16(21)20(4)13-8-10-19(3)11-9-13/h5-7,12-13H,8-11H2,1-4H3,(H,17,18). The summed E-state index contributed by atoms with van der Waals surface area (Å²) in [5.41, 5.74) is 0.516. The fourth-order valence-electron chi connectivity index (χ4n) is 2.66. The minimum Gasteiger partial charge on any atom is -0.368 e. The fourth-order valence-corrected chi connectivity index (χ4v) is 2.66. The number of nitrogens with one attached hydrogen (secondary N) is 1. The van der Waals surface area contributed by atoms with Gasteiger partial charge in [-0.05, 0) is 59.0 Å². The van der Waals surface area contributed by atoms with Gasteiger partial charge in [0.2, 0.25) is 0 Å². The van der Waals surface area contributed by atoms with Crippen molar-refractivity contribution in [2.24, 2.45) is 0 Å². The SMILES string of the molecule is CC(C)Nc1cccc(C(=O)N(C)C2CCN(C)CC2)n1. The molecule has 1 N–H and O–H groups in total. The van der Waals surface area contributed by atoms with Crippen molar-refractivity contribution in [2.75, 3.05) is 32.5 Å². The highest BCUT2D eigenvalue weighted by atomic mass is 16.2. The Hall–Kier alpha value is -1.62. The second kappa shape index (κ2) is 6.89. The molecule has 1 aromatic rings. The van der Waals surface area contributed by atoms with Crippen LogP contribution in [0.15, 0.2) is 18.2 Å². The van der Waals surface area contributed by atoms with Gasteiger partial charge in [-0.2, -0.15) is 0 Å². The number of hydrogen-bond acceptors (Lipinski definition) is 4. The normalized spacial score (nSPS) is 17.0. The number of likely N-dealkylation sites (tertiary alicyclic amines) is 1. The zero-order chi connectivity index (χ0) is 15.4. The Bertz CT molecular complexity index is 481. The molecule has 0 aromatic carbocycles. The molecule has 5 nitrogen and oxygen atoms in total. The molecule has 0 radical (unpaired) electrons. The van der Waals surface area contributed by atoms with Crippen LogP contribution in [0.5, 0.6) is 0 Å². The van der Waals surface area contributed by atoms with E-state index in [1.807, 2.05) is 24.1 Å². The number of carbonyl (C=O) groups excluding carboxylic acids is 1. The first-order valence-corrected chi connectivity index (χ1v) is 7.66. The molecule has 2 rings (SSSR count). The molecule has 21 heavy (non-hydrogen) atoms. The number of carbonyl (C=O) groups is 1. The molecule has 1 saturated heterocycles. The van der Waals surface area contributed by atoms with Gasteiger partial charge in [0.1, 0.15) is 11.5 Å². The van der Waals surface area contributed by atoms with Crippen molar-refractivity contribution in [3.8, 4) is 0 Å². The molecule has 1 amide bonds. The molecular formula is C16H26N4O. The van der Waals surface area contributed by atoms with E-state index in [-0.39, 0.29) is 5.91 Å². The van der Waals surface area contributed by atoms with Crippen molar-refractivity contribution in [1.82, 2.24) is 14.8 Å². The first kappa shape index (κ1) is 15.8. The minimum absolute atomic E-state index is 0.0111. The van der Waals surface area contributed by atoms with Crippen molar-refractivity contribution in [3.05, 3.63) is 23.9 Å². The highest BCUT2D eigenvalue weighted by molar-refractivity contribution is 5.92. The summed E-state index contributed by atoms with van der Waals surface area (Å²) in [5.74, 6) is 0.768. The summed E-state index contributed by atoms with van der Waals surface area (Å²) in [5, 5.41) is 3.24. The van der Waals surface area contributed by atoms with E-state index in [0.29, 0.717) is 17.8 Å². The Morgan fingerprint density at radius 1 is 1.38 bits per heavy atom. The number of piperidine rings is 1. The topological polar surface area (TPSA) is 48.5 Å². The molecule has 1 aliphatic rings. The van der Waals surface area contributed by atoms with Crippen LogP contribution in [0.1, 0.15) is 37.2 Å². The van der Waals surface area contributed by atoms with Crippen LogP contribution in [0.25, 0.3) is 0 Å². The first-order valence-electron chi connectivity index (χ1n) is 7.66. The zero-order valence-corrected chi connectivity index (χ0v) is 13.5. The number of hydrogen-bond donors (Lipinski definition) is 1. The first-order chi connectivity index (χ1) is 9.97. The second-order valence-electron chi connectivity index (χ2n) is 6.16. The molecule has 0 saturated carbocycles. The van der Waals surface area contributed by atoms with Crippen LogP contribution in [-0.2, 0) is 0 Å². The quantitative estimate of drug-likeness (QED) is 0.922. The lowest BCUT2D eigenvalue weighted by Gasteiger charge is -2.35. The largest absolute Gasteiger partial charge is 0.368 e. The third-order valence-electron chi connectivity index (χ3n) is 3.96. The van der Waals surface area contributed by atoms with Crippen LogP contribution in [-0.4, -0.2) is 60.0 Å². The Labute approximate surface area is 127 Å². The number of anilines is 1. The minimum atomic E-state index is 0.0111. The zero-order valence-electron chi connectivity index (χ0n) is 13.5. The molecule has 0 bridgehead atoms. The Kier molecular flexibility index (Phi) is 5.17.